The highest BCUT2D eigenvalue weighted by atomic mass is 14.5. The lowest BCUT2D eigenvalue weighted by molar-refractivity contribution is 0.262. The molecule has 0 radical (unpaired) electrons. The molecule has 0 saturated heterocycles. The molecule has 0 heterocycles. The number of hydrogen-bond acceptors (Lipinski definition) is 0. The SMILES string of the molecule is C1=CC2C3=C(\C=C/C=C\C=C3\C1)C1CCCCC21. The molecule has 1 fully saturated rings. The minimum absolute atomic E-state index is 0.724. The molecule has 1 saturated carbocycles. The van der Waals surface area contributed by atoms with Gasteiger partial charge in [-0.3, -0.25) is 0 Å². The van der Waals surface area contributed by atoms with Crippen molar-refractivity contribution in [2.45, 2.75) is 32.1 Å². The smallest absolute Gasteiger partial charge is 0.00578 e. The van der Waals surface area contributed by atoms with Crippen LogP contribution in [0.5, 0.6) is 0 Å². The monoisotopic (exact) mass is 236 g/mol. The quantitative estimate of drug-likeness (QED) is 0.533. The second kappa shape index (κ2) is 4.12. The van der Waals surface area contributed by atoms with Crippen molar-refractivity contribution in [1.29, 1.82) is 0 Å². The summed E-state index contributed by atoms with van der Waals surface area (Å²) in [6.45, 7) is 0. The summed E-state index contributed by atoms with van der Waals surface area (Å²) in [5, 5.41) is 0. The summed E-state index contributed by atoms with van der Waals surface area (Å²) in [5.41, 5.74) is 4.94. The molecule has 3 unspecified atom stereocenters. The third-order valence-electron chi connectivity index (χ3n) is 5.15. The van der Waals surface area contributed by atoms with E-state index in [0.717, 1.165) is 24.2 Å². The molecule has 4 aliphatic carbocycles. The van der Waals surface area contributed by atoms with Crippen LogP contribution in [-0.2, 0) is 0 Å². The molecule has 0 N–H and O–H groups in total. The third kappa shape index (κ3) is 1.44. The van der Waals surface area contributed by atoms with Crippen LogP contribution in [0, 0.1) is 17.8 Å². The maximum Gasteiger partial charge on any atom is 0.00578 e. The highest BCUT2D eigenvalue weighted by Gasteiger charge is 2.42. The summed E-state index contributed by atoms with van der Waals surface area (Å²) in [6, 6.07) is 0. The molecule has 0 amide bonds. The maximum atomic E-state index is 2.50. The van der Waals surface area contributed by atoms with Crippen molar-refractivity contribution in [2.24, 2.45) is 17.8 Å². The Morgan fingerprint density at radius 2 is 1.94 bits per heavy atom. The fraction of sp³-hybridized carbons (Fsp3) is 0.444. The highest BCUT2D eigenvalue weighted by Crippen LogP contribution is 2.54. The first kappa shape index (κ1) is 10.6. The molecule has 0 aromatic carbocycles. The van der Waals surface area contributed by atoms with E-state index in [1.807, 2.05) is 0 Å². The molecule has 0 heteroatoms. The predicted molar refractivity (Wildman–Crippen MR) is 76.1 cm³/mol. The lowest BCUT2D eigenvalue weighted by Crippen LogP contribution is -2.21. The number of fused-ring (bicyclic) bond motifs is 3. The van der Waals surface area contributed by atoms with Crippen molar-refractivity contribution < 1.29 is 0 Å². The van der Waals surface area contributed by atoms with Gasteiger partial charge in [0.05, 0.1) is 0 Å². The zero-order valence-corrected chi connectivity index (χ0v) is 10.8. The first-order chi connectivity index (χ1) is 8.95. The van der Waals surface area contributed by atoms with E-state index in [9.17, 15) is 0 Å². The first-order valence-electron chi connectivity index (χ1n) is 7.40. The van der Waals surface area contributed by atoms with E-state index in [-0.39, 0.29) is 0 Å². The summed E-state index contributed by atoms with van der Waals surface area (Å²) in [6.07, 6.45) is 23.1. The van der Waals surface area contributed by atoms with E-state index in [0.29, 0.717) is 0 Å². The number of allylic oxidation sites excluding steroid dienone is 10. The maximum absolute atomic E-state index is 2.50. The minimum Gasteiger partial charge on any atom is -0.0835 e. The van der Waals surface area contributed by atoms with Gasteiger partial charge in [-0.15, -0.1) is 0 Å². The molecule has 4 rings (SSSR count). The van der Waals surface area contributed by atoms with Crippen molar-refractivity contribution in [2.75, 3.05) is 0 Å². The molecular formula is C18H20. The van der Waals surface area contributed by atoms with Crippen LogP contribution in [0.1, 0.15) is 32.1 Å². The number of rotatable bonds is 0. The van der Waals surface area contributed by atoms with Crippen molar-refractivity contribution in [3.63, 3.8) is 0 Å². The first-order valence-corrected chi connectivity index (χ1v) is 7.40. The molecule has 0 nitrogen and oxygen atoms in total. The van der Waals surface area contributed by atoms with Gasteiger partial charge in [-0.25, -0.2) is 0 Å². The Bertz CT molecular complexity index is 510. The van der Waals surface area contributed by atoms with Crippen LogP contribution < -0.4 is 0 Å². The summed E-state index contributed by atoms with van der Waals surface area (Å²) in [4.78, 5) is 0. The Labute approximate surface area is 109 Å². The number of hydrogen-bond donors (Lipinski definition) is 0. The van der Waals surface area contributed by atoms with E-state index in [4.69, 9.17) is 0 Å². The fourth-order valence-corrected chi connectivity index (χ4v) is 4.44. The Balaban J connectivity index is 1.88. The molecule has 18 heavy (non-hydrogen) atoms. The molecule has 0 aromatic heterocycles. The molecule has 0 spiro atoms. The van der Waals surface area contributed by atoms with Gasteiger partial charge in [0, 0.05) is 5.92 Å². The van der Waals surface area contributed by atoms with Crippen LogP contribution in [0.2, 0.25) is 0 Å². The molecule has 0 aromatic rings. The van der Waals surface area contributed by atoms with Crippen molar-refractivity contribution >= 4 is 0 Å². The highest BCUT2D eigenvalue weighted by molar-refractivity contribution is 5.54. The molecule has 4 aliphatic rings. The van der Waals surface area contributed by atoms with Crippen LogP contribution in [0.3, 0.4) is 0 Å². The summed E-state index contributed by atoms with van der Waals surface area (Å²) in [7, 11) is 0. The van der Waals surface area contributed by atoms with Gasteiger partial charge in [-0.05, 0) is 47.8 Å². The second-order valence-corrected chi connectivity index (χ2v) is 6.02. The van der Waals surface area contributed by atoms with Gasteiger partial charge in [-0.2, -0.15) is 0 Å². The van der Waals surface area contributed by atoms with E-state index in [1.54, 1.807) is 16.7 Å². The van der Waals surface area contributed by atoms with Crippen LogP contribution >= 0.6 is 0 Å². The summed E-state index contributed by atoms with van der Waals surface area (Å²) >= 11 is 0. The van der Waals surface area contributed by atoms with E-state index in [2.05, 4.69) is 42.5 Å². The average Bonchev–Trinajstić information content (AvgIpc) is 2.70. The van der Waals surface area contributed by atoms with E-state index < -0.39 is 0 Å². The van der Waals surface area contributed by atoms with Gasteiger partial charge in [0.1, 0.15) is 0 Å². The fourth-order valence-electron chi connectivity index (χ4n) is 4.44. The van der Waals surface area contributed by atoms with Gasteiger partial charge >= 0.3 is 0 Å². The third-order valence-corrected chi connectivity index (χ3v) is 5.15. The van der Waals surface area contributed by atoms with Crippen LogP contribution in [0.15, 0.2) is 59.3 Å². The average molecular weight is 236 g/mol. The van der Waals surface area contributed by atoms with Crippen molar-refractivity contribution in [3.05, 3.63) is 59.3 Å². The zero-order chi connectivity index (χ0) is 11.9. The summed E-state index contributed by atoms with van der Waals surface area (Å²) < 4.78 is 0. The van der Waals surface area contributed by atoms with Crippen LogP contribution in [-0.4, -0.2) is 0 Å². The lowest BCUT2D eigenvalue weighted by Gasteiger charge is -2.31. The molecular weight excluding hydrogens is 216 g/mol. The van der Waals surface area contributed by atoms with Crippen LogP contribution in [0.4, 0.5) is 0 Å². The second-order valence-electron chi connectivity index (χ2n) is 6.02. The van der Waals surface area contributed by atoms with Gasteiger partial charge in [-0.1, -0.05) is 55.4 Å². The Morgan fingerprint density at radius 3 is 2.94 bits per heavy atom. The Morgan fingerprint density at radius 1 is 1.00 bits per heavy atom. The predicted octanol–water partition coefficient (Wildman–Crippen LogP) is 4.73. The van der Waals surface area contributed by atoms with Crippen molar-refractivity contribution in [3.8, 4) is 0 Å². The molecule has 92 valence electrons. The largest absolute Gasteiger partial charge is 0.0835 e. The van der Waals surface area contributed by atoms with E-state index in [1.165, 1.54) is 25.7 Å². The van der Waals surface area contributed by atoms with Gasteiger partial charge in [0.2, 0.25) is 0 Å². The van der Waals surface area contributed by atoms with Crippen LogP contribution in [0.25, 0.3) is 0 Å². The zero-order valence-electron chi connectivity index (χ0n) is 10.8. The lowest BCUT2D eigenvalue weighted by atomic mass is 9.74. The van der Waals surface area contributed by atoms with Crippen molar-refractivity contribution in [1.82, 2.24) is 0 Å². The molecule has 3 atom stereocenters. The molecule has 0 bridgehead atoms. The van der Waals surface area contributed by atoms with Gasteiger partial charge in [0.15, 0.2) is 0 Å². The Hall–Kier alpha value is -1.30. The normalized spacial score (nSPS) is 43.3. The minimum atomic E-state index is 0.724. The Kier molecular flexibility index (Phi) is 2.43. The standard InChI is InChI=1S/C18H20/c1-2-7-13-8-6-12-17-15-10-5-4-9-14(15)16(11-3-1)18(13)17/h1-3,6-7,11-12,14-15,17H,4-5,8-10H2/b2-1-,3-1?,7-2?,11-3-,13-7-,16-11?. The summed E-state index contributed by atoms with van der Waals surface area (Å²) in [5.74, 6) is 2.46. The van der Waals surface area contributed by atoms with E-state index >= 15 is 0 Å². The van der Waals surface area contributed by atoms with Gasteiger partial charge < -0.3 is 0 Å². The van der Waals surface area contributed by atoms with Gasteiger partial charge in [0.25, 0.3) is 0 Å². The topological polar surface area (TPSA) is 0 Å². The molecule has 0 aliphatic heterocycles.